The standard InChI is InChI=1S/C16H21N3O/c1-5-17-15-11(2)12(3)18-16(19-15)14-9-7-6-8-13(14)10-20-4/h6-9H,5,10H2,1-4H3,(H,17,18,19). The number of nitrogens with one attached hydrogen (secondary N) is 1. The van der Waals surface area contributed by atoms with Crippen LogP contribution in [0.25, 0.3) is 11.4 Å². The van der Waals surface area contributed by atoms with Crippen LogP contribution in [-0.4, -0.2) is 23.6 Å². The fraction of sp³-hybridized carbons (Fsp3) is 0.375. The van der Waals surface area contributed by atoms with Gasteiger partial charge in [0.2, 0.25) is 0 Å². The minimum atomic E-state index is 0.559. The minimum absolute atomic E-state index is 0.559. The van der Waals surface area contributed by atoms with E-state index >= 15 is 0 Å². The maximum Gasteiger partial charge on any atom is 0.162 e. The molecule has 0 amide bonds. The van der Waals surface area contributed by atoms with Gasteiger partial charge in [0, 0.05) is 30.5 Å². The first-order valence-corrected chi connectivity index (χ1v) is 6.83. The van der Waals surface area contributed by atoms with Crippen LogP contribution in [-0.2, 0) is 11.3 Å². The number of aryl methyl sites for hydroxylation is 1. The van der Waals surface area contributed by atoms with E-state index in [0.29, 0.717) is 6.61 Å². The van der Waals surface area contributed by atoms with Gasteiger partial charge >= 0.3 is 0 Å². The summed E-state index contributed by atoms with van der Waals surface area (Å²) in [6, 6.07) is 8.09. The van der Waals surface area contributed by atoms with Crippen molar-refractivity contribution < 1.29 is 4.74 Å². The van der Waals surface area contributed by atoms with E-state index in [0.717, 1.165) is 40.6 Å². The molecule has 0 aliphatic heterocycles. The summed E-state index contributed by atoms with van der Waals surface area (Å²) in [4.78, 5) is 9.28. The second-order valence-corrected chi connectivity index (χ2v) is 4.73. The topological polar surface area (TPSA) is 47.0 Å². The Morgan fingerprint density at radius 1 is 1.15 bits per heavy atom. The predicted octanol–water partition coefficient (Wildman–Crippen LogP) is 3.34. The van der Waals surface area contributed by atoms with Gasteiger partial charge < -0.3 is 10.1 Å². The smallest absolute Gasteiger partial charge is 0.162 e. The molecule has 2 aromatic rings. The Balaban J connectivity index is 2.52. The molecule has 0 spiro atoms. The average Bonchev–Trinajstić information content (AvgIpc) is 2.45. The number of aromatic nitrogens is 2. The van der Waals surface area contributed by atoms with Crippen molar-refractivity contribution in [3.63, 3.8) is 0 Å². The summed E-state index contributed by atoms with van der Waals surface area (Å²) in [6.45, 7) is 7.52. The molecular formula is C16H21N3O. The van der Waals surface area contributed by atoms with Crippen LogP contribution < -0.4 is 5.32 Å². The highest BCUT2D eigenvalue weighted by molar-refractivity contribution is 5.63. The fourth-order valence-corrected chi connectivity index (χ4v) is 2.11. The lowest BCUT2D eigenvalue weighted by Crippen LogP contribution is -2.07. The second-order valence-electron chi connectivity index (χ2n) is 4.73. The van der Waals surface area contributed by atoms with Crippen LogP contribution >= 0.6 is 0 Å². The fourth-order valence-electron chi connectivity index (χ4n) is 2.11. The molecule has 0 unspecified atom stereocenters. The Labute approximate surface area is 120 Å². The van der Waals surface area contributed by atoms with Gasteiger partial charge in [0.25, 0.3) is 0 Å². The van der Waals surface area contributed by atoms with Gasteiger partial charge in [-0.3, -0.25) is 0 Å². The molecule has 4 nitrogen and oxygen atoms in total. The number of hydrogen-bond acceptors (Lipinski definition) is 4. The molecule has 4 heteroatoms. The van der Waals surface area contributed by atoms with E-state index in [2.05, 4.69) is 22.2 Å². The van der Waals surface area contributed by atoms with E-state index in [9.17, 15) is 0 Å². The normalized spacial score (nSPS) is 10.6. The van der Waals surface area contributed by atoms with Crippen molar-refractivity contribution in [3.05, 3.63) is 41.1 Å². The number of anilines is 1. The van der Waals surface area contributed by atoms with Gasteiger partial charge in [-0.05, 0) is 26.3 Å². The van der Waals surface area contributed by atoms with Crippen LogP contribution in [0.4, 0.5) is 5.82 Å². The Bertz CT molecular complexity index is 596. The second kappa shape index (κ2) is 6.48. The minimum Gasteiger partial charge on any atom is -0.380 e. The lowest BCUT2D eigenvalue weighted by Gasteiger charge is -2.13. The number of ether oxygens (including phenoxy) is 1. The lowest BCUT2D eigenvalue weighted by atomic mass is 10.1. The molecule has 1 aromatic carbocycles. The Morgan fingerprint density at radius 3 is 2.60 bits per heavy atom. The molecule has 1 N–H and O–H groups in total. The van der Waals surface area contributed by atoms with Crippen molar-refractivity contribution in [2.45, 2.75) is 27.4 Å². The Hall–Kier alpha value is -1.94. The predicted molar refractivity (Wildman–Crippen MR) is 81.8 cm³/mol. The zero-order chi connectivity index (χ0) is 14.5. The third kappa shape index (κ3) is 2.96. The summed E-state index contributed by atoms with van der Waals surface area (Å²) < 4.78 is 5.25. The van der Waals surface area contributed by atoms with E-state index in [-0.39, 0.29) is 0 Å². The van der Waals surface area contributed by atoms with E-state index in [1.54, 1.807) is 7.11 Å². The lowest BCUT2D eigenvalue weighted by molar-refractivity contribution is 0.185. The maximum atomic E-state index is 5.25. The Kier molecular flexibility index (Phi) is 4.69. The summed E-state index contributed by atoms with van der Waals surface area (Å²) >= 11 is 0. The van der Waals surface area contributed by atoms with Gasteiger partial charge in [0.05, 0.1) is 6.61 Å². The molecule has 20 heavy (non-hydrogen) atoms. The first kappa shape index (κ1) is 14.5. The van der Waals surface area contributed by atoms with E-state index in [4.69, 9.17) is 4.74 Å². The van der Waals surface area contributed by atoms with Gasteiger partial charge in [-0.2, -0.15) is 0 Å². The zero-order valence-corrected chi connectivity index (χ0v) is 12.5. The SMILES string of the molecule is CCNc1nc(-c2ccccc2COC)nc(C)c1C. The summed E-state index contributed by atoms with van der Waals surface area (Å²) in [7, 11) is 1.70. The van der Waals surface area contributed by atoms with Crippen LogP contribution in [0.5, 0.6) is 0 Å². The number of nitrogens with zero attached hydrogens (tertiary/aromatic N) is 2. The number of benzene rings is 1. The molecule has 0 bridgehead atoms. The molecule has 0 saturated heterocycles. The molecule has 0 aliphatic carbocycles. The molecule has 1 heterocycles. The number of methoxy groups -OCH3 is 1. The highest BCUT2D eigenvalue weighted by atomic mass is 16.5. The van der Waals surface area contributed by atoms with Crippen LogP contribution in [0, 0.1) is 13.8 Å². The van der Waals surface area contributed by atoms with Crippen molar-refractivity contribution in [2.24, 2.45) is 0 Å². The van der Waals surface area contributed by atoms with E-state index < -0.39 is 0 Å². The summed E-state index contributed by atoms with van der Waals surface area (Å²) in [5, 5.41) is 3.30. The number of rotatable bonds is 5. The van der Waals surface area contributed by atoms with E-state index in [1.165, 1.54) is 0 Å². The summed E-state index contributed by atoms with van der Waals surface area (Å²) in [5.41, 5.74) is 4.22. The molecular weight excluding hydrogens is 250 g/mol. The highest BCUT2D eigenvalue weighted by Crippen LogP contribution is 2.24. The van der Waals surface area contributed by atoms with Crippen molar-refractivity contribution in [1.29, 1.82) is 0 Å². The number of hydrogen-bond donors (Lipinski definition) is 1. The molecule has 0 atom stereocenters. The molecule has 1 aromatic heterocycles. The first-order valence-electron chi connectivity index (χ1n) is 6.83. The van der Waals surface area contributed by atoms with Gasteiger partial charge in [-0.25, -0.2) is 9.97 Å². The van der Waals surface area contributed by atoms with Crippen molar-refractivity contribution in [3.8, 4) is 11.4 Å². The zero-order valence-electron chi connectivity index (χ0n) is 12.5. The summed E-state index contributed by atoms with van der Waals surface area (Å²) in [5.74, 6) is 1.65. The quantitative estimate of drug-likeness (QED) is 0.906. The summed E-state index contributed by atoms with van der Waals surface area (Å²) in [6.07, 6.45) is 0. The maximum absolute atomic E-state index is 5.25. The van der Waals surface area contributed by atoms with Crippen LogP contribution in [0.1, 0.15) is 23.7 Å². The first-order chi connectivity index (χ1) is 9.67. The van der Waals surface area contributed by atoms with Crippen molar-refractivity contribution in [1.82, 2.24) is 9.97 Å². The van der Waals surface area contributed by atoms with Crippen LogP contribution in [0.2, 0.25) is 0 Å². The van der Waals surface area contributed by atoms with Crippen molar-refractivity contribution in [2.75, 3.05) is 19.0 Å². The van der Waals surface area contributed by atoms with Crippen molar-refractivity contribution >= 4 is 5.82 Å². The van der Waals surface area contributed by atoms with Gasteiger partial charge in [-0.1, -0.05) is 24.3 Å². The van der Waals surface area contributed by atoms with Gasteiger partial charge in [0.15, 0.2) is 5.82 Å². The van der Waals surface area contributed by atoms with Gasteiger partial charge in [0.1, 0.15) is 5.82 Å². The molecule has 106 valence electrons. The Morgan fingerprint density at radius 2 is 1.90 bits per heavy atom. The monoisotopic (exact) mass is 271 g/mol. The average molecular weight is 271 g/mol. The third-order valence-electron chi connectivity index (χ3n) is 3.29. The molecule has 0 aliphatic rings. The molecule has 0 saturated carbocycles. The molecule has 0 fully saturated rings. The van der Waals surface area contributed by atoms with Crippen LogP contribution in [0.15, 0.2) is 24.3 Å². The van der Waals surface area contributed by atoms with Gasteiger partial charge in [-0.15, -0.1) is 0 Å². The third-order valence-corrected chi connectivity index (χ3v) is 3.29. The van der Waals surface area contributed by atoms with Crippen LogP contribution in [0.3, 0.4) is 0 Å². The largest absolute Gasteiger partial charge is 0.380 e. The molecule has 0 radical (unpaired) electrons. The molecule has 2 rings (SSSR count). The highest BCUT2D eigenvalue weighted by Gasteiger charge is 2.12. The van der Waals surface area contributed by atoms with E-state index in [1.807, 2.05) is 38.1 Å².